The van der Waals surface area contributed by atoms with E-state index in [1.807, 2.05) is 38.1 Å². The standard InChI is InChI=1S/C10H12.C9H10O/c1-8(2)10-6-4-5-9(3)7-10;1-7-4-3-5-9(6-7)8(2)10/h4-7H,1H2,2-3H3;3-6H,1-2H3. The second kappa shape index (κ2) is 7.44. The van der Waals surface area contributed by atoms with Gasteiger partial charge in [0.25, 0.3) is 0 Å². The Morgan fingerprint density at radius 3 is 1.60 bits per heavy atom. The van der Waals surface area contributed by atoms with Crippen LogP contribution >= 0.6 is 0 Å². The molecule has 0 N–H and O–H groups in total. The fourth-order valence-corrected chi connectivity index (χ4v) is 1.77. The van der Waals surface area contributed by atoms with Crippen LogP contribution in [0.1, 0.15) is 40.9 Å². The highest BCUT2D eigenvalue weighted by molar-refractivity contribution is 5.94. The van der Waals surface area contributed by atoms with E-state index in [-0.39, 0.29) is 5.78 Å². The van der Waals surface area contributed by atoms with Crippen LogP contribution in [0.3, 0.4) is 0 Å². The summed E-state index contributed by atoms with van der Waals surface area (Å²) in [5.74, 6) is 0.128. The van der Waals surface area contributed by atoms with Crippen LogP contribution in [0.15, 0.2) is 55.1 Å². The van der Waals surface area contributed by atoms with Gasteiger partial charge in [-0.3, -0.25) is 4.79 Å². The third-order valence-electron chi connectivity index (χ3n) is 2.94. The molecule has 2 aromatic carbocycles. The number of carbonyl (C=O) groups is 1. The first-order chi connectivity index (χ1) is 9.40. The summed E-state index contributed by atoms with van der Waals surface area (Å²) in [7, 11) is 0. The summed E-state index contributed by atoms with van der Waals surface area (Å²) in [5, 5.41) is 0. The number of allylic oxidation sites excluding steroid dienone is 1. The molecule has 0 saturated heterocycles. The summed E-state index contributed by atoms with van der Waals surface area (Å²) in [6.45, 7) is 11.5. The molecule has 104 valence electrons. The van der Waals surface area contributed by atoms with Crippen LogP contribution in [0, 0.1) is 13.8 Å². The summed E-state index contributed by atoms with van der Waals surface area (Å²) in [6.07, 6.45) is 0. The van der Waals surface area contributed by atoms with Gasteiger partial charge in [-0.05, 0) is 39.3 Å². The van der Waals surface area contributed by atoms with Gasteiger partial charge in [-0.1, -0.05) is 65.7 Å². The molecule has 1 nitrogen and oxygen atoms in total. The maximum absolute atomic E-state index is 10.8. The second-order valence-corrected chi connectivity index (χ2v) is 5.08. The van der Waals surface area contributed by atoms with Crippen LogP contribution in [-0.2, 0) is 0 Å². The van der Waals surface area contributed by atoms with Crippen LogP contribution in [0.4, 0.5) is 0 Å². The first-order valence-electron chi connectivity index (χ1n) is 6.70. The van der Waals surface area contributed by atoms with E-state index in [1.165, 1.54) is 11.1 Å². The minimum atomic E-state index is 0.128. The number of rotatable bonds is 2. The van der Waals surface area contributed by atoms with Gasteiger partial charge in [-0.2, -0.15) is 0 Å². The molecule has 0 bridgehead atoms. The predicted octanol–water partition coefficient (Wildman–Crippen LogP) is 5.23. The van der Waals surface area contributed by atoms with E-state index in [0.717, 1.165) is 16.7 Å². The molecule has 0 saturated carbocycles. The number of hydrogen-bond donors (Lipinski definition) is 0. The van der Waals surface area contributed by atoms with E-state index in [0.29, 0.717) is 0 Å². The molecular formula is C19H22O. The average Bonchev–Trinajstić information content (AvgIpc) is 2.39. The number of benzene rings is 2. The van der Waals surface area contributed by atoms with Crippen molar-refractivity contribution in [2.75, 3.05) is 0 Å². The van der Waals surface area contributed by atoms with Crippen molar-refractivity contribution >= 4 is 11.4 Å². The van der Waals surface area contributed by atoms with Gasteiger partial charge >= 0.3 is 0 Å². The zero-order chi connectivity index (χ0) is 15.1. The lowest BCUT2D eigenvalue weighted by Gasteiger charge is -1.98. The van der Waals surface area contributed by atoms with Crippen LogP contribution in [0.2, 0.25) is 0 Å². The van der Waals surface area contributed by atoms with Crippen molar-refractivity contribution in [1.29, 1.82) is 0 Å². The number of hydrogen-bond acceptors (Lipinski definition) is 1. The number of Topliss-reactive ketones (excluding diaryl/α,β-unsaturated/α-hetero) is 1. The first-order valence-corrected chi connectivity index (χ1v) is 6.70. The highest BCUT2D eigenvalue weighted by Gasteiger charge is 1.96. The molecule has 0 unspecified atom stereocenters. The molecule has 0 aliphatic rings. The van der Waals surface area contributed by atoms with E-state index in [1.54, 1.807) is 6.92 Å². The first kappa shape index (κ1) is 15.9. The third kappa shape index (κ3) is 5.23. The lowest BCUT2D eigenvalue weighted by Crippen LogP contribution is -1.90. The molecule has 0 aromatic heterocycles. The maximum atomic E-state index is 10.8. The summed E-state index contributed by atoms with van der Waals surface area (Å²) in [6, 6.07) is 16.0. The highest BCUT2D eigenvalue weighted by Crippen LogP contribution is 2.11. The van der Waals surface area contributed by atoms with Crippen LogP contribution in [0.5, 0.6) is 0 Å². The van der Waals surface area contributed by atoms with Crippen molar-refractivity contribution in [1.82, 2.24) is 0 Å². The molecular weight excluding hydrogens is 244 g/mol. The Morgan fingerprint density at radius 1 is 0.850 bits per heavy atom. The van der Waals surface area contributed by atoms with Crippen molar-refractivity contribution < 1.29 is 4.79 Å². The summed E-state index contributed by atoms with van der Waals surface area (Å²) in [5.41, 5.74) is 5.58. The van der Waals surface area contributed by atoms with Crippen molar-refractivity contribution in [2.45, 2.75) is 27.7 Å². The zero-order valence-electron chi connectivity index (χ0n) is 12.7. The SMILES string of the molecule is C=C(C)c1cccc(C)c1.CC(=O)c1cccc(C)c1. The molecule has 0 heterocycles. The Hall–Kier alpha value is -2.15. The van der Waals surface area contributed by atoms with Gasteiger partial charge in [0.15, 0.2) is 5.78 Å². The normalized spacial score (nSPS) is 9.40. The van der Waals surface area contributed by atoms with Crippen molar-refractivity contribution in [3.05, 3.63) is 77.4 Å². The molecule has 1 heteroatoms. The van der Waals surface area contributed by atoms with Gasteiger partial charge in [0, 0.05) is 5.56 Å². The quantitative estimate of drug-likeness (QED) is 0.680. The van der Waals surface area contributed by atoms with Gasteiger partial charge in [0.2, 0.25) is 0 Å². The van der Waals surface area contributed by atoms with Gasteiger partial charge in [0.05, 0.1) is 0 Å². The highest BCUT2D eigenvalue weighted by atomic mass is 16.1. The molecule has 0 atom stereocenters. The van der Waals surface area contributed by atoms with Gasteiger partial charge in [-0.15, -0.1) is 0 Å². The second-order valence-electron chi connectivity index (χ2n) is 5.08. The number of carbonyl (C=O) groups excluding carboxylic acids is 1. The Balaban J connectivity index is 0.000000200. The van der Waals surface area contributed by atoms with Crippen molar-refractivity contribution in [2.24, 2.45) is 0 Å². The maximum Gasteiger partial charge on any atom is 0.159 e. The van der Waals surface area contributed by atoms with E-state index in [2.05, 4.69) is 37.8 Å². The topological polar surface area (TPSA) is 17.1 Å². The molecule has 0 radical (unpaired) electrons. The van der Waals surface area contributed by atoms with E-state index in [4.69, 9.17) is 0 Å². The number of aryl methyl sites for hydroxylation is 2. The fraction of sp³-hybridized carbons (Fsp3) is 0.211. The minimum absolute atomic E-state index is 0.128. The zero-order valence-corrected chi connectivity index (χ0v) is 12.7. The molecule has 2 rings (SSSR count). The predicted molar refractivity (Wildman–Crippen MR) is 87.1 cm³/mol. The van der Waals surface area contributed by atoms with Gasteiger partial charge in [-0.25, -0.2) is 0 Å². The summed E-state index contributed by atoms with van der Waals surface area (Å²) >= 11 is 0. The Morgan fingerprint density at radius 2 is 1.30 bits per heavy atom. The van der Waals surface area contributed by atoms with Crippen molar-refractivity contribution in [3.63, 3.8) is 0 Å². The lowest BCUT2D eigenvalue weighted by atomic mass is 10.1. The van der Waals surface area contributed by atoms with E-state index in [9.17, 15) is 4.79 Å². The molecule has 0 spiro atoms. The van der Waals surface area contributed by atoms with E-state index >= 15 is 0 Å². The monoisotopic (exact) mass is 266 g/mol. The summed E-state index contributed by atoms with van der Waals surface area (Å²) in [4.78, 5) is 10.8. The molecule has 20 heavy (non-hydrogen) atoms. The molecule has 0 aliphatic carbocycles. The van der Waals surface area contributed by atoms with E-state index < -0.39 is 0 Å². The molecule has 2 aromatic rings. The molecule has 0 aliphatic heterocycles. The Labute approximate surface area is 122 Å². The molecule has 0 amide bonds. The average molecular weight is 266 g/mol. The summed E-state index contributed by atoms with van der Waals surface area (Å²) < 4.78 is 0. The Bertz CT molecular complexity index is 553. The van der Waals surface area contributed by atoms with Gasteiger partial charge < -0.3 is 0 Å². The van der Waals surface area contributed by atoms with Crippen LogP contribution in [-0.4, -0.2) is 5.78 Å². The minimum Gasteiger partial charge on any atom is -0.295 e. The lowest BCUT2D eigenvalue weighted by molar-refractivity contribution is 0.101. The van der Waals surface area contributed by atoms with Gasteiger partial charge in [0.1, 0.15) is 0 Å². The largest absolute Gasteiger partial charge is 0.295 e. The number of ketones is 1. The van der Waals surface area contributed by atoms with Crippen molar-refractivity contribution in [3.8, 4) is 0 Å². The third-order valence-corrected chi connectivity index (χ3v) is 2.94. The fourth-order valence-electron chi connectivity index (χ4n) is 1.77. The van der Waals surface area contributed by atoms with Crippen LogP contribution < -0.4 is 0 Å². The Kier molecular flexibility index (Phi) is 5.92. The van der Waals surface area contributed by atoms with Crippen LogP contribution in [0.25, 0.3) is 5.57 Å². The smallest absolute Gasteiger partial charge is 0.159 e. The molecule has 0 fully saturated rings.